The third kappa shape index (κ3) is 11.2. The second kappa shape index (κ2) is 17.8. The summed E-state index contributed by atoms with van der Waals surface area (Å²) in [6.07, 6.45) is 4.67. The summed E-state index contributed by atoms with van der Waals surface area (Å²) in [6, 6.07) is 18.9. The zero-order chi connectivity index (χ0) is 29.3. The Labute approximate surface area is 238 Å². The van der Waals surface area contributed by atoms with Crippen LogP contribution in [-0.4, -0.2) is 53.6 Å². The van der Waals surface area contributed by atoms with Crippen molar-refractivity contribution in [2.24, 2.45) is 17.8 Å². The Kier molecular flexibility index (Phi) is 14.5. The lowest BCUT2D eigenvalue weighted by Gasteiger charge is -2.27. The fraction of sp³-hybridized carbons (Fsp3) is 0.424. The Bertz CT molecular complexity index is 1070. The molecule has 40 heavy (non-hydrogen) atoms. The van der Waals surface area contributed by atoms with Crippen LogP contribution in [0.3, 0.4) is 0 Å². The smallest absolute Gasteiger partial charge is 0.309 e. The number of carbonyl (C=O) groups is 3. The van der Waals surface area contributed by atoms with Crippen LogP contribution in [0.15, 0.2) is 86.0 Å². The molecule has 216 valence electrons. The van der Waals surface area contributed by atoms with Crippen molar-refractivity contribution in [3.8, 4) is 0 Å². The number of hydrogen-bond acceptors (Lipinski definition) is 5. The summed E-state index contributed by atoms with van der Waals surface area (Å²) < 4.78 is 5.69. The molecule has 0 bridgehead atoms. The number of nitrogens with zero attached hydrogens (tertiary/aromatic N) is 1. The molecular formula is C33H44N2O5. The van der Waals surface area contributed by atoms with Gasteiger partial charge in [0.25, 0.3) is 0 Å². The molecule has 2 N–H and O–H groups in total. The third-order valence-corrected chi connectivity index (χ3v) is 6.83. The van der Waals surface area contributed by atoms with Gasteiger partial charge in [-0.15, -0.1) is 13.2 Å². The molecule has 0 saturated carbocycles. The topological polar surface area (TPSA) is 95.9 Å². The van der Waals surface area contributed by atoms with Crippen molar-refractivity contribution in [1.82, 2.24) is 10.2 Å². The molecule has 0 radical (unpaired) electrons. The largest absolute Gasteiger partial charge is 0.463 e. The second-order valence-corrected chi connectivity index (χ2v) is 10.4. The standard InChI is InChI=1S/C33H44N2O5/c1-5-13-28(22-31(37)35(19-20-36)23-27-17-11-8-12-18-27)32(38)34-30(25(3)4)24-40-33(39)29(14-6-2)21-26-15-9-7-10-16-26/h5-12,15-18,25,28-30,36H,1-2,13-14,19-24H2,3-4H3,(H,34,38). The first-order chi connectivity index (χ1) is 19.3. The number of aliphatic hydroxyl groups excluding tert-OH is 1. The average molecular weight is 549 g/mol. The molecule has 7 nitrogen and oxygen atoms in total. The van der Waals surface area contributed by atoms with Crippen molar-refractivity contribution in [3.05, 3.63) is 97.1 Å². The van der Waals surface area contributed by atoms with Crippen molar-refractivity contribution in [2.75, 3.05) is 19.8 Å². The molecule has 0 saturated heterocycles. The molecule has 0 aliphatic rings. The van der Waals surface area contributed by atoms with Gasteiger partial charge < -0.3 is 20.1 Å². The van der Waals surface area contributed by atoms with E-state index in [2.05, 4.69) is 18.5 Å². The summed E-state index contributed by atoms with van der Waals surface area (Å²) in [5.41, 5.74) is 1.98. The molecule has 2 rings (SSSR count). The average Bonchev–Trinajstić information content (AvgIpc) is 2.95. The highest BCUT2D eigenvalue weighted by Crippen LogP contribution is 2.18. The van der Waals surface area contributed by atoms with Gasteiger partial charge in [0.05, 0.1) is 24.5 Å². The molecule has 0 aromatic heterocycles. The summed E-state index contributed by atoms with van der Waals surface area (Å²) in [7, 11) is 0. The quantitative estimate of drug-likeness (QED) is 0.208. The molecule has 0 aliphatic carbocycles. The van der Waals surface area contributed by atoms with E-state index in [4.69, 9.17) is 4.74 Å². The number of ether oxygens (including phenoxy) is 1. The second-order valence-electron chi connectivity index (χ2n) is 10.4. The van der Waals surface area contributed by atoms with Crippen molar-refractivity contribution in [2.45, 2.75) is 52.1 Å². The summed E-state index contributed by atoms with van der Waals surface area (Å²) in [6.45, 7) is 11.8. The Morgan fingerprint density at radius 3 is 2.05 bits per heavy atom. The van der Waals surface area contributed by atoms with Gasteiger partial charge in [0.2, 0.25) is 11.8 Å². The molecule has 7 heteroatoms. The Morgan fingerprint density at radius 2 is 1.50 bits per heavy atom. The SMILES string of the molecule is C=CCC(CC(=O)N(CCO)Cc1ccccc1)C(=O)NC(COC(=O)C(CC=C)Cc1ccccc1)C(C)C. The minimum atomic E-state index is -0.634. The van der Waals surface area contributed by atoms with E-state index in [1.165, 1.54) is 0 Å². The highest BCUT2D eigenvalue weighted by Gasteiger charge is 2.28. The van der Waals surface area contributed by atoms with Crippen LogP contribution in [-0.2, 0) is 32.1 Å². The molecule has 0 heterocycles. The van der Waals surface area contributed by atoms with Crippen LogP contribution in [0.2, 0.25) is 0 Å². The molecular weight excluding hydrogens is 504 g/mol. The molecule has 0 fully saturated rings. The number of benzene rings is 2. The van der Waals surface area contributed by atoms with E-state index in [1.807, 2.05) is 74.5 Å². The number of allylic oxidation sites excluding steroid dienone is 2. The van der Waals surface area contributed by atoms with E-state index in [-0.39, 0.29) is 55.8 Å². The highest BCUT2D eigenvalue weighted by atomic mass is 16.5. The lowest BCUT2D eigenvalue weighted by atomic mass is 9.96. The Hall–Kier alpha value is -3.71. The first-order valence-corrected chi connectivity index (χ1v) is 13.9. The lowest BCUT2D eigenvalue weighted by Crippen LogP contribution is -2.46. The van der Waals surface area contributed by atoms with Gasteiger partial charge >= 0.3 is 5.97 Å². The van der Waals surface area contributed by atoms with Gasteiger partial charge in [0.1, 0.15) is 6.61 Å². The highest BCUT2D eigenvalue weighted by molar-refractivity contribution is 5.86. The van der Waals surface area contributed by atoms with Crippen LogP contribution < -0.4 is 5.32 Å². The van der Waals surface area contributed by atoms with Crippen LogP contribution in [0.5, 0.6) is 0 Å². The molecule has 2 aromatic carbocycles. The minimum absolute atomic E-state index is 0.00669. The predicted molar refractivity (Wildman–Crippen MR) is 158 cm³/mol. The number of hydrogen-bond donors (Lipinski definition) is 2. The Balaban J connectivity index is 2.02. The van der Waals surface area contributed by atoms with E-state index in [9.17, 15) is 19.5 Å². The summed E-state index contributed by atoms with van der Waals surface area (Å²) in [5.74, 6) is -1.85. The molecule has 3 unspecified atom stereocenters. The van der Waals surface area contributed by atoms with Crippen molar-refractivity contribution >= 4 is 17.8 Å². The summed E-state index contributed by atoms with van der Waals surface area (Å²) in [4.78, 5) is 41.0. The van der Waals surface area contributed by atoms with Gasteiger partial charge in [-0.05, 0) is 36.3 Å². The van der Waals surface area contributed by atoms with E-state index >= 15 is 0 Å². The van der Waals surface area contributed by atoms with Crippen molar-refractivity contribution in [1.29, 1.82) is 0 Å². The van der Waals surface area contributed by atoms with Gasteiger partial charge in [0.15, 0.2) is 0 Å². The maximum atomic E-state index is 13.3. The van der Waals surface area contributed by atoms with Crippen LogP contribution in [0.25, 0.3) is 0 Å². The predicted octanol–water partition coefficient (Wildman–Crippen LogP) is 4.71. The van der Waals surface area contributed by atoms with E-state index < -0.39 is 12.0 Å². The van der Waals surface area contributed by atoms with E-state index in [0.717, 1.165) is 11.1 Å². The number of aliphatic hydroxyl groups is 1. The van der Waals surface area contributed by atoms with Gasteiger partial charge in [-0.1, -0.05) is 86.7 Å². The maximum absolute atomic E-state index is 13.3. The number of rotatable bonds is 18. The number of esters is 1. The minimum Gasteiger partial charge on any atom is -0.463 e. The Morgan fingerprint density at radius 1 is 0.925 bits per heavy atom. The number of amides is 2. The van der Waals surface area contributed by atoms with Crippen LogP contribution in [0, 0.1) is 17.8 Å². The van der Waals surface area contributed by atoms with Crippen LogP contribution in [0.4, 0.5) is 0 Å². The normalized spacial score (nSPS) is 13.1. The van der Waals surface area contributed by atoms with Crippen molar-refractivity contribution < 1.29 is 24.2 Å². The number of nitrogens with one attached hydrogen (secondary N) is 1. The van der Waals surface area contributed by atoms with Gasteiger partial charge in [-0.25, -0.2) is 0 Å². The van der Waals surface area contributed by atoms with Crippen LogP contribution in [0.1, 0.15) is 44.2 Å². The zero-order valence-electron chi connectivity index (χ0n) is 23.8. The zero-order valence-corrected chi connectivity index (χ0v) is 23.8. The van der Waals surface area contributed by atoms with E-state index in [0.29, 0.717) is 25.8 Å². The first kappa shape index (κ1) is 32.5. The van der Waals surface area contributed by atoms with Gasteiger partial charge in [0, 0.05) is 19.5 Å². The van der Waals surface area contributed by atoms with Gasteiger partial charge in [-0.3, -0.25) is 14.4 Å². The summed E-state index contributed by atoms with van der Waals surface area (Å²) in [5, 5.41) is 12.5. The first-order valence-electron chi connectivity index (χ1n) is 13.9. The lowest BCUT2D eigenvalue weighted by molar-refractivity contribution is -0.150. The number of carbonyl (C=O) groups excluding carboxylic acids is 3. The fourth-order valence-electron chi connectivity index (χ4n) is 4.39. The molecule has 2 aromatic rings. The molecule has 2 amide bonds. The fourth-order valence-corrected chi connectivity index (χ4v) is 4.39. The monoisotopic (exact) mass is 548 g/mol. The van der Waals surface area contributed by atoms with Crippen molar-refractivity contribution in [3.63, 3.8) is 0 Å². The molecule has 0 aliphatic heterocycles. The van der Waals surface area contributed by atoms with Crippen LogP contribution >= 0.6 is 0 Å². The van der Waals surface area contributed by atoms with Gasteiger partial charge in [-0.2, -0.15) is 0 Å². The molecule has 3 atom stereocenters. The summed E-state index contributed by atoms with van der Waals surface area (Å²) >= 11 is 0. The molecule has 0 spiro atoms. The maximum Gasteiger partial charge on any atom is 0.309 e. The third-order valence-electron chi connectivity index (χ3n) is 6.83. The van der Waals surface area contributed by atoms with E-state index in [1.54, 1.807) is 17.1 Å².